The number of fused-ring (bicyclic) bond motifs is 1. The Kier molecular flexibility index (Phi) is 3.04. The molecule has 1 N–H and O–H groups in total. The second kappa shape index (κ2) is 4.69. The van der Waals surface area contributed by atoms with Gasteiger partial charge >= 0.3 is 6.03 Å². The molecule has 94 valence electrons. The Morgan fingerprint density at radius 2 is 2.22 bits per heavy atom. The molecule has 0 bridgehead atoms. The number of nitrogens with one attached hydrogen (secondary N) is 1. The first-order valence-corrected chi connectivity index (χ1v) is 7.18. The van der Waals surface area contributed by atoms with Crippen LogP contribution in [0.5, 0.6) is 0 Å². The van der Waals surface area contributed by atoms with Gasteiger partial charge in [0.25, 0.3) is 0 Å². The van der Waals surface area contributed by atoms with Gasteiger partial charge in [0, 0.05) is 17.2 Å². The average molecular weight is 260 g/mol. The van der Waals surface area contributed by atoms with Gasteiger partial charge in [-0.2, -0.15) is 0 Å². The molecule has 0 radical (unpaired) electrons. The third-order valence-corrected chi connectivity index (χ3v) is 4.82. The summed E-state index contributed by atoms with van der Waals surface area (Å²) in [4.78, 5) is 15.3. The lowest BCUT2D eigenvalue weighted by Crippen LogP contribution is -2.34. The molecule has 0 aromatic heterocycles. The predicted molar refractivity (Wildman–Crippen MR) is 74.3 cm³/mol. The number of amides is 2. The fourth-order valence-corrected chi connectivity index (χ4v) is 3.89. The molecule has 2 saturated heterocycles. The van der Waals surface area contributed by atoms with Crippen LogP contribution in [0.25, 0.3) is 0 Å². The standard InChI is InChI=1S/C14H16N2OS/c1-2-12-13-11(9-18-12)15-14(17)16(13)8-10-6-4-3-5-7-10/h2-7,11,13H,8-9H2,1H3,(H,15,17)/b12-2+/t11-,13-/m0/s1. The van der Waals surface area contributed by atoms with E-state index in [1.807, 2.05) is 41.8 Å². The molecule has 1 aromatic rings. The van der Waals surface area contributed by atoms with E-state index in [1.165, 1.54) is 10.5 Å². The lowest BCUT2D eigenvalue weighted by atomic mass is 10.1. The topological polar surface area (TPSA) is 32.3 Å². The van der Waals surface area contributed by atoms with Crippen molar-refractivity contribution in [2.45, 2.75) is 25.6 Å². The first kappa shape index (κ1) is 11.7. The van der Waals surface area contributed by atoms with Crippen molar-refractivity contribution in [2.75, 3.05) is 5.75 Å². The summed E-state index contributed by atoms with van der Waals surface area (Å²) in [7, 11) is 0. The maximum absolute atomic E-state index is 12.0. The molecule has 3 nitrogen and oxygen atoms in total. The summed E-state index contributed by atoms with van der Waals surface area (Å²) >= 11 is 1.86. The Morgan fingerprint density at radius 1 is 1.44 bits per heavy atom. The molecular weight excluding hydrogens is 244 g/mol. The van der Waals surface area contributed by atoms with E-state index in [0.717, 1.165) is 5.75 Å². The number of urea groups is 1. The maximum atomic E-state index is 12.0. The molecule has 2 fully saturated rings. The predicted octanol–water partition coefficient (Wildman–Crippen LogP) is 2.60. The number of nitrogens with zero attached hydrogens (tertiary/aromatic N) is 1. The van der Waals surface area contributed by atoms with E-state index >= 15 is 0 Å². The van der Waals surface area contributed by atoms with Crippen LogP contribution < -0.4 is 5.32 Å². The molecule has 0 spiro atoms. The summed E-state index contributed by atoms with van der Waals surface area (Å²) in [5.41, 5.74) is 1.18. The largest absolute Gasteiger partial charge is 0.332 e. The van der Waals surface area contributed by atoms with E-state index < -0.39 is 0 Å². The van der Waals surface area contributed by atoms with Crippen LogP contribution in [0.4, 0.5) is 4.79 Å². The highest BCUT2D eigenvalue weighted by Gasteiger charge is 2.45. The molecule has 2 atom stereocenters. The van der Waals surface area contributed by atoms with Gasteiger partial charge in [-0.1, -0.05) is 36.4 Å². The molecule has 0 unspecified atom stereocenters. The number of rotatable bonds is 2. The van der Waals surface area contributed by atoms with Gasteiger partial charge < -0.3 is 10.2 Å². The van der Waals surface area contributed by atoms with Gasteiger partial charge in [0.15, 0.2) is 0 Å². The van der Waals surface area contributed by atoms with E-state index in [2.05, 4.69) is 23.5 Å². The van der Waals surface area contributed by atoms with Crippen molar-refractivity contribution in [3.63, 3.8) is 0 Å². The number of thioether (sulfide) groups is 1. The number of benzene rings is 1. The Morgan fingerprint density at radius 3 is 2.94 bits per heavy atom. The first-order valence-electron chi connectivity index (χ1n) is 6.19. The van der Waals surface area contributed by atoms with E-state index in [1.54, 1.807) is 0 Å². The molecule has 2 aliphatic heterocycles. The second-order valence-electron chi connectivity index (χ2n) is 4.62. The van der Waals surface area contributed by atoms with Crippen molar-refractivity contribution in [3.8, 4) is 0 Å². The Hall–Kier alpha value is -1.42. The monoisotopic (exact) mass is 260 g/mol. The van der Waals surface area contributed by atoms with E-state index in [4.69, 9.17) is 0 Å². The highest BCUT2D eigenvalue weighted by Crippen LogP contribution is 2.38. The van der Waals surface area contributed by atoms with Gasteiger partial charge in [0.1, 0.15) is 0 Å². The second-order valence-corrected chi connectivity index (χ2v) is 5.71. The molecule has 4 heteroatoms. The summed E-state index contributed by atoms with van der Waals surface area (Å²) in [6.45, 7) is 2.74. The van der Waals surface area contributed by atoms with Gasteiger partial charge in [-0.05, 0) is 12.5 Å². The number of carbonyl (C=O) groups is 1. The van der Waals surface area contributed by atoms with Gasteiger partial charge in [-0.3, -0.25) is 0 Å². The summed E-state index contributed by atoms with van der Waals surface area (Å²) in [6.07, 6.45) is 2.13. The summed E-state index contributed by atoms with van der Waals surface area (Å²) < 4.78 is 0. The minimum absolute atomic E-state index is 0.0634. The molecule has 0 saturated carbocycles. The fraction of sp³-hybridized carbons (Fsp3) is 0.357. The van der Waals surface area contributed by atoms with Crippen LogP contribution in [-0.2, 0) is 6.54 Å². The number of hydrogen-bond donors (Lipinski definition) is 1. The lowest BCUT2D eigenvalue weighted by molar-refractivity contribution is 0.207. The Labute approximate surface area is 111 Å². The zero-order chi connectivity index (χ0) is 12.5. The van der Waals surface area contributed by atoms with Crippen LogP contribution in [0.2, 0.25) is 0 Å². The smallest absolute Gasteiger partial charge is 0.318 e. The zero-order valence-corrected chi connectivity index (χ0v) is 11.1. The quantitative estimate of drug-likeness (QED) is 0.829. The van der Waals surface area contributed by atoms with E-state index in [-0.39, 0.29) is 18.1 Å². The minimum Gasteiger partial charge on any atom is -0.332 e. The van der Waals surface area contributed by atoms with Gasteiger partial charge in [-0.15, -0.1) is 11.8 Å². The summed E-state index contributed by atoms with van der Waals surface area (Å²) in [6, 6.07) is 10.7. The van der Waals surface area contributed by atoms with Crippen molar-refractivity contribution in [1.82, 2.24) is 10.2 Å². The van der Waals surface area contributed by atoms with Gasteiger partial charge in [0.05, 0.1) is 12.1 Å². The number of allylic oxidation sites excluding steroid dienone is 1. The zero-order valence-electron chi connectivity index (χ0n) is 10.3. The van der Waals surface area contributed by atoms with Gasteiger partial charge in [0.2, 0.25) is 0 Å². The highest BCUT2D eigenvalue weighted by atomic mass is 32.2. The maximum Gasteiger partial charge on any atom is 0.318 e. The Bertz CT molecular complexity index is 486. The van der Waals surface area contributed by atoms with Crippen molar-refractivity contribution >= 4 is 17.8 Å². The van der Waals surface area contributed by atoms with Crippen molar-refractivity contribution in [1.29, 1.82) is 0 Å². The molecular formula is C14H16N2OS. The average Bonchev–Trinajstić information content (AvgIpc) is 2.91. The van der Waals surface area contributed by atoms with Crippen LogP contribution in [-0.4, -0.2) is 28.8 Å². The number of hydrogen-bond acceptors (Lipinski definition) is 2. The molecule has 3 rings (SSSR count). The third kappa shape index (κ3) is 1.90. The number of carbonyl (C=O) groups excluding carboxylic acids is 1. The highest BCUT2D eigenvalue weighted by molar-refractivity contribution is 8.03. The third-order valence-electron chi connectivity index (χ3n) is 3.49. The van der Waals surface area contributed by atoms with Crippen molar-refractivity contribution in [3.05, 3.63) is 46.9 Å². The SMILES string of the molecule is C/C=C1/SC[C@@H]2NC(=O)N(Cc3ccccc3)[C@H]12. The fourth-order valence-electron chi connectivity index (χ4n) is 2.62. The van der Waals surface area contributed by atoms with E-state index in [0.29, 0.717) is 6.54 Å². The lowest BCUT2D eigenvalue weighted by Gasteiger charge is -2.23. The van der Waals surface area contributed by atoms with E-state index in [9.17, 15) is 4.79 Å². The molecule has 1 aromatic carbocycles. The minimum atomic E-state index is 0.0634. The van der Waals surface area contributed by atoms with Crippen LogP contribution in [0.3, 0.4) is 0 Å². The summed E-state index contributed by atoms with van der Waals surface area (Å²) in [5.74, 6) is 0.987. The normalized spacial score (nSPS) is 28.6. The molecule has 2 amide bonds. The summed E-state index contributed by atoms with van der Waals surface area (Å²) in [5, 5.41) is 3.08. The molecule has 2 heterocycles. The van der Waals surface area contributed by atoms with Crippen molar-refractivity contribution in [2.24, 2.45) is 0 Å². The molecule has 0 aliphatic carbocycles. The van der Waals surface area contributed by atoms with Gasteiger partial charge in [-0.25, -0.2) is 4.79 Å². The van der Waals surface area contributed by atoms with Crippen LogP contribution in [0.1, 0.15) is 12.5 Å². The van der Waals surface area contributed by atoms with Crippen LogP contribution in [0.15, 0.2) is 41.3 Å². The molecule has 18 heavy (non-hydrogen) atoms. The first-order chi connectivity index (χ1) is 8.79. The van der Waals surface area contributed by atoms with Crippen LogP contribution >= 0.6 is 11.8 Å². The van der Waals surface area contributed by atoms with Crippen molar-refractivity contribution < 1.29 is 4.79 Å². The van der Waals surface area contributed by atoms with Crippen LogP contribution in [0, 0.1) is 0 Å². The Balaban J connectivity index is 1.84. The molecule has 2 aliphatic rings.